The van der Waals surface area contributed by atoms with Crippen LogP contribution in [0.15, 0.2) is 35.3 Å². The summed E-state index contributed by atoms with van der Waals surface area (Å²) in [7, 11) is 1.79. The van der Waals surface area contributed by atoms with E-state index in [1.165, 1.54) is 0 Å². The molecule has 0 spiro atoms. The molecule has 0 aliphatic carbocycles. The number of aromatic nitrogens is 1. The van der Waals surface area contributed by atoms with Crippen molar-refractivity contribution in [2.24, 2.45) is 7.05 Å². The van der Waals surface area contributed by atoms with E-state index in [0.29, 0.717) is 13.2 Å². The number of pyridine rings is 1. The zero-order valence-corrected chi connectivity index (χ0v) is 11.7. The molecule has 1 aromatic heterocycles. The fraction of sp³-hybridized carbons (Fsp3) is 0.312. The number of ether oxygens (including phenoxy) is 1. The summed E-state index contributed by atoms with van der Waals surface area (Å²) in [5.41, 5.74) is 10.7. The van der Waals surface area contributed by atoms with Gasteiger partial charge in [0.25, 0.3) is 5.56 Å². The van der Waals surface area contributed by atoms with Crippen LogP contribution in [0.3, 0.4) is 0 Å². The second kappa shape index (κ2) is 4.80. The summed E-state index contributed by atoms with van der Waals surface area (Å²) in [6.07, 6.45) is 1.87. The molecule has 20 heavy (non-hydrogen) atoms. The van der Waals surface area contributed by atoms with Gasteiger partial charge < -0.3 is 15.0 Å². The Morgan fingerprint density at radius 2 is 2.05 bits per heavy atom. The molecule has 1 aliphatic heterocycles. The zero-order chi connectivity index (χ0) is 14.3. The van der Waals surface area contributed by atoms with Gasteiger partial charge in [0, 0.05) is 30.4 Å². The Labute approximate surface area is 117 Å². The molecule has 0 amide bonds. The first-order valence-corrected chi connectivity index (χ1v) is 6.71. The molecule has 4 nitrogen and oxygen atoms in total. The fourth-order valence-electron chi connectivity index (χ4n) is 2.54. The van der Waals surface area contributed by atoms with Crippen LogP contribution < -0.4 is 11.3 Å². The maximum absolute atomic E-state index is 12.2. The minimum Gasteiger partial charge on any atom is -0.399 e. The first-order chi connectivity index (χ1) is 9.56. The highest BCUT2D eigenvalue weighted by atomic mass is 16.5. The van der Waals surface area contributed by atoms with Crippen LogP contribution in [0, 0.1) is 6.92 Å². The molecule has 0 atom stereocenters. The van der Waals surface area contributed by atoms with E-state index >= 15 is 0 Å². The molecule has 104 valence electrons. The average molecular weight is 270 g/mol. The highest BCUT2D eigenvalue weighted by molar-refractivity contribution is 5.70. The van der Waals surface area contributed by atoms with Crippen LogP contribution >= 0.6 is 0 Å². The molecule has 1 aromatic carbocycles. The summed E-state index contributed by atoms with van der Waals surface area (Å²) in [6.45, 7) is 3.31. The van der Waals surface area contributed by atoms with Crippen molar-refractivity contribution >= 4 is 5.69 Å². The molecule has 0 bridgehead atoms. The Morgan fingerprint density at radius 1 is 1.30 bits per heavy atom. The van der Waals surface area contributed by atoms with Crippen molar-refractivity contribution in [2.45, 2.75) is 12.8 Å². The quantitative estimate of drug-likeness (QED) is 0.850. The summed E-state index contributed by atoms with van der Waals surface area (Å²) >= 11 is 0. The monoisotopic (exact) mass is 270 g/mol. The number of nitrogens with zero attached hydrogens (tertiary/aromatic N) is 1. The van der Waals surface area contributed by atoms with E-state index in [4.69, 9.17) is 10.5 Å². The van der Waals surface area contributed by atoms with Gasteiger partial charge in [-0.2, -0.15) is 0 Å². The predicted octanol–water partition coefficient (Wildman–Crippen LogP) is 2.06. The molecule has 0 radical (unpaired) electrons. The highest BCUT2D eigenvalue weighted by Crippen LogP contribution is 2.28. The van der Waals surface area contributed by atoms with Crippen molar-refractivity contribution in [3.63, 3.8) is 0 Å². The number of benzene rings is 1. The van der Waals surface area contributed by atoms with Gasteiger partial charge in [-0.3, -0.25) is 4.79 Å². The topological polar surface area (TPSA) is 57.2 Å². The van der Waals surface area contributed by atoms with Gasteiger partial charge in [-0.15, -0.1) is 0 Å². The number of anilines is 1. The van der Waals surface area contributed by atoms with E-state index in [-0.39, 0.29) is 11.5 Å². The summed E-state index contributed by atoms with van der Waals surface area (Å²) in [5.74, 6) is 0.218. The minimum absolute atomic E-state index is 0.0589. The van der Waals surface area contributed by atoms with Crippen LogP contribution in [-0.2, 0) is 11.8 Å². The number of nitrogen functional groups attached to an aromatic ring is 1. The van der Waals surface area contributed by atoms with Gasteiger partial charge in [-0.05, 0) is 41.8 Å². The van der Waals surface area contributed by atoms with Crippen molar-refractivity contribution in [3.8, 4) is 11.1 Å². The van der Waals surface area contributed by atoms with Crippen molar-refractivity contribution in [2.75, 3.05) is 18.9 Å². The molecule has 1 fully saturated rings. The lowest BCUT2D eigenvalue weighted by atomic mass is 9.94. The molecular weight excluding hydrogens is 252 g/mol. The van der Waals surface area contributed by atoms with Crippen LogP contribution in [0.4, 0.5) is 5.69 Å². The molecule has 0 saturated carbocycles. The minimum atomic E-state index is 0.0589. The van der Waals surface area contributed by atoms with Crippen LogP contribution in [0.2, 0.25) is 0 Å². The maximum atomic E-state index is 12.2. The van der Waals surface area contributed by atoms with E-state index < -0.39 is 0 Å². The number of aryl methyl sites for hydroxylation is 2. The largest absolute Gasteiger partial charge is 0.399 e. The Bertz CT molecular complexity index is 715. The van der Waals surface area contributed by atoms with Gasteiger partial charge in [0.05, 0.1) is 13.2 Å². The molecule has 0 unspecified atom stereocenters. The van der Waals surface area contributed by atoms with Crippen LogP contribution in [0.1, 0.15) is 17.0 Å². The predicted molar refractivity (Wildman–Crippen MR) is 79.8 cm³/mol. The van der Waals surface area contributed by atoms with Gasteiger partial charge in [0.1, 0.15) is 0 Å². The van der Waals surface area contributed by atoms with Crippen molar-refractivity contribution in [3.05, 3.63) is 51.9 Å². The fourth-order valence-corrected chi connectivity index (χ4v) is 2.54. The molecule has 1 aliphatic rings. The lowest BCUT2D eigenvalue weighted by Gasteiger charge is -2.26. The third-order valence-corrected chi connectivity index (χ3v) is 3.86. The smallest absolute Gasteiger partial charge is 0.253 e. The summed E-state index contributed by atoms with van der Waals surface area (Å²) in [5, 5.41) is 0. The Balaban J connectivity index is 2.16. The van der Waals surface area contributed by atoms with E-state index in [2.05, 4.69) is 0 Å². The highest BCUT2D eigenvalue weighted by Gasteiger charge is 2.24. The Morgan fingerprint density at radius 3 is 2.70 bits per heavy atom. The standard InChI is InChI=1S/C16H18N2O2/c1-10-3-4-13(17)6-14(10)11-5-15(12-8-20-9-12)16(19)18(2)7-11/h3-7,12H,8-9,17H2,1-2H3. The van der Waals surface area contributed by atoms with Crippen molar-refractivity contribution < 1.29 is 4.74 Å². The Hall–Kier alpha value is -2.07. The lowest BCUT2D eigenvalue weighted by molar-refractivity contribution is 0.00775. The van der Waals surface area contributed by atoms with Crippen LogP contribution in [0.25, 0.3) is 11.1 Å². The first-order valence-electron chi connectivity index (χ1n) is 6.71. The second-order valence-corrected chi connectivity index (χ2v) is 5.41. The third kappa shape index (κ3) is 2.12. The Kier molecular flexibility index (Phi) is 3.10. The van der Waals surface area contributed by atoms with Crippen molar-refractivity contribution in [1.82, 2.24) is 4.57 Å². The molecular formula is C16H18N2O2. The SMILES string of the molecule is Cc1ccc(N)cc1-c1cc(C2COC2)c(=O)n(C)c1. The lowest BCUT2D eigenvalue weighted by Crippen LogP contribution is -2.33. The number of nitrogens with two attached hydrogens (primary N) is 1. The van der Waals surface area contributed by atoms with Gasteiger partial charge in [0.15, 0.2) is 0 Å². The van der Waals surface area contributed by atoms with E-state index in [0.717, 1.165) is 27.9 Å². The molecule has 2 N–H and O–H groups in total. The normalized spacial score (nSPS) is 15.1. The second-order valence-electron chi connectivity index (χ2n) is 5.41. The summed E-state index contributed by atoms with van der Waals surface area (Å²) in [4.78, 5) is 12.2. The van der Waals surface area contributed by atoms with Gasteiger partial charge in [-0.1, -0.05) is 6.07 Å². The number of hydrogen-bond acceptors (Lipinski definition) is 3. The summed E-state index contributed by atoms with van der Waals surface area (Å²) in [6, 6.07) is 7.83. The number of rotatable bonds is 2. The zero-order valence-electron chi connectivity index (χ0n) is 11.7. The van der Waals surface area contributed by atoms with E-state index in [1.54, 1.807) is 11.6 Å². The third-order valence-electron chi connectivity index (χ3n) is 3.86. The van der Waals surface area contributed by atoms with E-state index in [1.807, 2.05) is 37.4 Å². The van der Waals surface area contributed by atoms with Gasteiger partial charge in [0.2, 0.25) is 0 Å². The van der Waals surface area contributed by atoms with Crippen LogP contribution in [0.5, 0.6) is 0 Å². The van der Waals surface area contributed by atoms with Gasteiger partial charge in [-0.25, -0.2) is 0 Å². The molecule has 3 rings (SSSR count). The maximum Gasteiger partial charge on any atom is 0.253 e. The summed E-state index contributed by atoms with van der Waals surface area (Å²) < 4.78 is 6.85. The number of hydrogen-bond donors (Lipinski definition) is 1. The molecule has 2 aromatic rings. The average Bonchev–Trinajstić information content (AvgIpc) is 2.35. The van der Waals surface area contributed by atoms with Crippen molar-refractivity contribution in [1.29, 1.82) is 0 Å². The molecule has 1 saturated heterocycles. The van der Waals surface area contributed by atoms with E-state index in [9.17, 15) is 4.79 Å². The van der Waals surface area contributed by atoms with Gasteiger partial charge >= 0.3 is 0 Å². The molecule has 2 heterocycles. The first kappa shape index (κ1) is 12.9. The molecule has 4 heteroatoms. The van der Waals surface area contributed by atoms with Crippen LogP contribution in [-0.4, -0.2) is 17.8 Å².